The van der Waals surface area contributed by atoms with Crippen LogP contribution in [-0.4, -0.2) is 26.6 Å². The first kappa shape index (κ1) is 25.5. The number of rotatable bonds is 11. The van der Waals surface area contributed by atoms with Gasteiger partial charge in [-0.1, -0.05) is 54.1 Å². The zero-order chi connectivity index (χ0) is 23.7. The topological polar surface area (TPSA) is 44.8 Å². The Kier molecular flexibility index (Phi) is 9.82. The lowest BCUT2D eigenvalue weighted by atomic mass is 10.0. The number of benzene rings is 2. The normalized spacial score (nSPS) is 12.1. The summed E-state index contributed by atoms with van der Waals surface area (Å²) in [5, 5.41) is 0.656. The number of ketones is 1. The van der Waals surface area contributed by atoms with E-state index in [1.54, 1.807) is 37.3 Å². The summed E-state index contributed by atoms with van der Waals surface area (Å²) in [6.07, 6.45) is 3.54. The van der Waals surface area contributed by atoms with Crippen molar-refractivity contribution in [2.75, 3.05) is 20.8 Å². The van der Waals surface area contributed by atoms with E-state index < -0.39 is 0 Å². The predicted molar refractivity (Wildman–Crippen MR) is 127 cm³/mol. The summed E-state index contributed by atoms with van der Waals surface area (Å²) in [5.74, 6) is 0.406. The number of Topliss-reactive ketones (excluding diaryl/α,β-unsaturated/α-hetero) is 1. The van der Waals surface area contributed by atoms with Crippen LogP contribution in [0.3, 0.4) is 0 Å². The molecular weight excluding hydrogens is 454 g/mol. The summed E-state index contributed by atoms with van der Waals surface area (Å²) >= 11 is 12.5. The lowest BCUT2D eigenvalue weighted by molar-refractivity contribution is 0.0988. The third kappa shape index (κ3) is 6.38. The molecular formula is C25H25Cl2FO4. The van der Waals surface area contributed by atoms with Gasteiger partial charge < -0.3 is 14.2 Å². The smallest absolute Gasteiger partial charge is 0.204 e. The summed E-state index contributed by atoms with van der Waals surface area (Å²) in [4.78, 5) is 13.2. The van der Waals surface area contributed by atoms with Crippen LogP contribution in [0.1, 0.15) is 29.3 Å². The lowest BCUT2D eigenvalue weighted by Gasteiger charge is -2.18. The molecule has 2 rings (SSSR count). The van der Waals surface area contributed by atoms with E-state index in [1.807, 2.05) is 0 Å². The third-order valence-electron chi connectivity index (χ3n) is 4.70. The van der Waals surface area contributed by atoms with Crippen LogP contribution >= 0.6 is 23.2 Å². The van der Waals surface area contributed by atoms with E-state index in [0.717, 1.165) is 5.56 Å². The second-order valence-corrected chi connectivity index (χ2v) is 7.48. The van der Waals surface area contributed by atoms with Gasteiger partial charge in [0.15, 0.2) is 17.3 Å². The van der Waals surface area contributed by atoms with Gasteiger partial charge in [-0.15, -0.1) is 0 Å². The number of carbonyl (C=O) groups excluding carboxylic acids is 1. The van der Waals surface area contributed by atoms with Crippen LogP contribution in [0.15, 0.2) is 70.8 Å². The summed E-state index contributed by atoms with van der Waals surface area (Å²) in [5.41, 5.74) is 1.65. The van der Waals surface area contributed by atoms with Gasteiger partial charge in [0.25, 0.3) is 0 Å². The van der Waals surface area contributed by atoms with Gasteiger partial charge in [-0.3, -0.25) is 4.79 Å². The van der Waals surface area contributed by atoms with Crippen molar-refractivity contribution in [1.29, 1.82) is 0 Å². The van der Waals surface area contributed by atoms with Gasteiger partial charge in [0, 0.05) is 22.9 Å². The summed E-state index contributed by atoms with van der Waals surface area (Å²) in [6.45, 7) is 5.64. The minimum atomic E-state index is -0.307. The predicted octanol–water partition coefficient (Wildman–Crippen LogP) is 6.86. The van der Waals surface area contributed by atoms with E-state index in [1.165, 1.54) is 32.4 Å². The average Bonchev–Trinajstić information content (AvgIpc) is 2.81. The maximum atomic E-state index is 13.2. The number of hydrogen-bond donors (Lipinski definition) is 0. The first-order chi connectivity index (χ1) is 15.4. The molecule has 0 heterocycles. The fourth-order valence-corrected chi connectivity index (χ4v) is 3.41. The second kappa shape index (κ2) is 12.3. The van der Waals surface area contributed by atoms with Crippen LogP contribution in [0, 0.1) is 5.82 Å². The van der Waals surface area contributed by atoms with Gasteiger partial charge in [0.2, 0.25) is 5.75 Å². The van der Waals surface area contributed by atoms with Gasteiger partial charge >= 0.3 is 0 Å². The first-order valence-corrected chi connectivity index (χ1v) is 10.6. The molecule has 0 spiro atoms. The molecule has 0 fully saturated rings. The van der Waals surface area contributed by atoms with Crippen LogP contribution in [0.2, 0.25) is 0 Å². The van der Waals surface area contributed by atoms with E-state index in [9.17, 15) is 9.18 Å². The van der Waals surface area contributed by atoms with Gasteiger partial charge in [-0.2, -0.15) is 0 Å². The number of allylic oxidation sites excluding steroid dienone is 5. The molecule has 0 amide bonds. The van der Waals surface area contributed by atoms with Crippen LogP contribution in [0.5, 0.6) is 17.2 Å². The molecule has 0 atom stereocenters. The van der Waals surface area contributed by atoms with Gasteiger partial charge in [-0.05, 0) is 42.3 Å². The number of methoxy groups -OCH3 is 2. The molecule has 0 unspecified atom stereocenters. The Balaban J connectivity index is 2.37. The maximum absolute atomic E-state index is 13.2. The van der Waals surface area contributed by atoms with Crippen LogP contribution in [-0.2, 0) is 6.42 Å². The molecule has 0 saturated carbocycles. The molecule has 0 bridgehead atoms. The molecule has 7 heteroatoms. The minimum Gasteiger partial charge on any atom is -0.493 e. The monoisotopic (exact) mass is 478 g/mol. The van der Waals surface area contributed by atoms with Crippen molar-refractivity contribution in [3.8, 4) is 17.2 Å². The highest BCUT2D eigenvalue weighted by molar-refractivity contribution is 6.36. The van der Waals surface area contributed by atoms with Crippen LogP contribution < -0.4 is 14.2 Å². The van der Waals surface area contributed by atoms with Gasteiger partial charge in [-0.25, -0.2) is 4.39 Å². The standard InChI is InChI=1S/C25H25Cl2FO4/c1-5-20(26)19(21(27)6-2)15-22(29)18-11-12-23(30-3)25(31-4)24(18)32-14-13-16-7-9-17(28)10-8-16/h5-12H,1,13-15H2,2-4H3/b20-19+,21-6+. The molecule has 0 aliphatic heterocycles. The number of hydrogen-bond acceptors (Lipinski definition) is 4. The molecule has 2 aromatic rings. The highest BCUT2D eigenvalue weighted by Crippen LogP contribution is 2.41. The van der Waals surface area contributed by atoms with Crippen LogP contribution in [0.25, 0.3) is 0 Å². The molecule has 0 radical (unpaired) electrons. The zero-order valence-corrected chi connectivity index (χ0v) is 19.7. The second-order valence-electron chi connectivity index (χ2n) is 6.67. The number of ether oxygens (including phenoxy) is 3. The summed E-state index contributed by atoms with van der Waals surface area (Å²) in [7, 11) is 2.97. The van der Waals surface area contributed by atoms with E-state index in [4.69, 9.17) is 37.4 Å². The fourth-order valence-electron chi connectivity index (χ4n) is 3.02. The Bertz CT molecular complexity index is 1030. The Morgan fingerprint density at radius 1 is 1.06 bits per heavy atom. The van der Waals surface area contributed by atoms with Gasteiger partial charge in [0.1, 0.15) is 5.82 Å². The van der Waals surface area contributed by atoms with Crippen molar-refractivity contribution in [3.63, 3.8) is 0 Å². The fraction of sp³-hybridized carbons (Fsp3) is 0.240. The minimum absolute atomic E-state index is 0.0577. The molecule has 0 aromatic heterocycles. The molecule has 2 aromatic carbocycles. The van der Waals surface area contributed by atoms with Crippen molar-refractivity contribution in [2.45, 2.75) is 19.8 Å². The van der Waals surface area contributed by atoms with Crippen molar-refractivity contribution in [1.82, 2.24) is 0 Å². The third-order valence-corrected chi connectivity index (χ3v) is 5.53. The molecule has 4 nitrogen and oxygen atoms in total. The van der Waals surface area contributed by atoms with Crippen molar-refractivity contribution in [3.05, 3.63) is 87.7 Å². The van der Waals surface area contributed by atoms with Crippen molar-refractivity contribution < 1.29 is 23.4 Å². The SMILES string of the molecule is C=C/C(Cl)=C(CC(=O)c1ccc(OC)c(OC)c1OCCc1ccc(F)cc1)\C(Cl)=C/C. The number of halogens is 3. The number of carbonyl (C=O) groups is 1. The molecule has 170 valence electrons. The lowest BCUT2D eigenvalue weighted by Crippen LogP contribution is -2.10. The van der Waals surface area contributed by atoms with E-state index in [-0.39, 0.29) is 30.4 Å². The van der Waals surface area contributed by atoms with Crippen molar-refractivity contribution >= 4 is 29.0 Å². The van der Waals surface area contributed by atoms with E-state index in [0.29, 0.717) is 39.1 Å². The van der Waals surface area contributed by atoms with Gasteiger partial charge in [0.05, 0.1) is 26.4 Å². The van der Waals surface area contributed by atoms with E-state index >= 15 is 0 Å². The Hall–Kier alpha value is -2.76. The first-order valence-electron chi connectivity index (χ1n) is 9.84. The molecule has 32 heavy (non-hydrogen) atoms. The molecule has 0 saturated heterocycles. The summed E-state index contributed by atoms with van der Waals surface area (Å²) < 4.78 is 29.9. The maximum Gasteiger partial charge on any atom is 0.204 e. The highest BCUT2D eigenvalue weighted by atomic mass is 35.5. The molecule has 0 aliphatic rings. The quantitative estimate of drug-likeness (QED) is 0.261. The van der Waals surface area contributed by atoms with Crippen molar-refractivity contribution in [2.24, 2.45) is 0 Å². The summed E-state index contributed by atoms with van der Waals surface area (Å²) in [6, 6.07) is 9.38. The Morgan fingerprint density at radius 3 is 2.31 bits per heavy atom. The molecule has 0 aliphatic carbocycles. The largest absolute Gasteiger partial charge is 0.493 e. The average molecular weight is 479 g/mol. The Morgan fingerprint density at radius 2 is 1.75 bits per heavy atom. The molecule has 0 N–H and O–H groups in total. The van der Waals surface area contributed by atoms with E-state index in [2.05, 4.69) is 6.58 Å². The Labute approximate surface area is 197 Å². The van der Waals surface area contributed by atoms with Crippen LogP contribution in [0.4, 0.5) is 4.39 Å². The zero-order valence-electron chi connectivity index (χ0n) is 18.2. The highest BCUT2D eigenvalue weighted by Gasteiger charge is 2.23.